The van der Waals surface area contributed by atoms with Crippen LogP contribution in [0.2, 0.25) is 0 Å². The first-order valence-corrected chi connectivity index (χ1v) is 7.21. The van der Waals surface area contributed by atoms with Crippen LogP contribution in [0.25, 0.3) is 0 Å². The Hall–Kier alpha value is -1.52. The third-order valence-electron chi connectivity index (χ3n) is 2.86. The Morgan fingerprint density at radius 1 is 1.21 bits per heavy atom. The Kier molecular flexibility index (Phi) is 4.82. The second kappa shape index (κ2) is 6.59. The summed E-state index contributed by atoms with van der Waals surface area (Å²) in [6.45, 7) is 2.45. The first kappa shape index (κ1) is 13.9. The number of benzene rings is 1. The summed E-state index contributed by atoms with van der Waals surface area (Å²) in [7, 11) is 0. The van der Waals surface area contributed by atoms with Crippen LogP contribution in [0.4, 0.5) is 0 Å². The van der Waals surface area contributed by atoms with Crippen LogP contribution in [0, 0.1) is 0 Å². The summed E-state index contributed by atoms with van der Waals surface area (Å²) in [5.41, 5.74) is 0.955. The van der Waals surface area contributed by atoms with Crippen molar-refractivity contribution in [2.45, 2.75) is 24.5 Å². The van der Waals surface area contributed by atoms with Gasteiger partial charge in [0.1, 0.15) is 0 Å². The van der Waals surface area contributed by atoms with E-state index in [-0.39, 0.29) is 5.56 Å². The third-order valence-corrected chi connectivity index (χ3v) is 3.85. The molecule has 1 unspecified atom stereocenters. The Labute approximate surface area is 116 Å². The van der Waals surface area contributed by atoms with Gasteiger partial charge in [0, 0.05) is 29.5 Å². The number of thioether (sulfide) groups is 1. The molecule has 0 spiro atoms. The van der Waals surface area contributed by atoms with Crippen molar-refractivity contribution in [3.63, 3.8) is 0 Å². The summed E-state index contributed by atoms with van der Waals surface area (Å²) >= 11 is 1.70. The van der Waals surface area contributed by atoms with Crippen LogP contribution < -0.4 is 5.56 Å². The molecule has 0 aliphatic rings. The molecule has 0 amide bonds. The number of hydrogen-bond acceptors (Lipinski definition) is 3. The largest absolute Gasteiger partial charge is 0.389 e. The summed E-state index contributed by atoms with van der Waals surface area (Å²) in [5.74, 6) is 0.845. The number of aromatic nitrogens is 1. The van der Waals surface area contributed by atoms with Crippen LogP contribution >= 0.6 is 11.8 Å². The van der Waals surface area contributed by atoms with Gasteiger partial charge in [0.05, 0.1) is 6.10 Å². The predicted octanol–water partition coefficient (Wildman–Crippen LogP) is 2.69. The van der Waals surface area contributed by atoms with Crippen LogP contribution in [-0.2, 0) is 6.54 Å². The Bertz CT molecular complexity index is 575. The van der Waals surface area contributed by atoms with Crippen LogP contribution in [0.5, 0.6) is 0 Å². The standard InChI is InChI=1S/C15H17NO2S/c1-12(17)13-5-7-14(8-6-13)19-11-10-16-9-3-2-4-15(16)18/h2-9,12,17H,10-11H2,1H3. The zero-order valence-electron chi connectivity index (χ0n) is 10.8. The summed E-state index contributed by atoms with van der Waals surface area (Å²) in [5, 5.41) is 9.43. The molecular weight excluding hydrogens is 258 g/mol. The molecular formula is C15H17NO2S. The molecule has 4 heteroatoms. The second-order valence-corrected chi connectivity index (χ2v) is 5.49. The van der Waals surface area contributed by atoms with Crippen molar-refractivity contribution in [1.29, 1.82) is 0 Å². The number of rotatable bonds is 5. The lowest BCUT2D eigenvalue weighted by molar-refractivity contribution is 0.199. The fourth-order valence-corrected chi connectivity index (χ4v) is 2.60. The molecule has 0 aliphatic carbocycles. The zero-order chi connectivity index (χ0) is 13.7. The van der Waals surface area contributed by atoms with Gasteiger partial charge in [0.25, 0.3) is 5.56 Å². The molecule has 0 saturated heterocycles. The van der Waals surface area contributed by atoms with Crippen molar-refractivity contribution in [3.05, 3.63) is 64.6 Å². The number of hydrogen-bond donors (Lipinski definition) is 1. The minimum Gasteiger partial charge on any atom is -0.389 e. The second-order valence-electron chi connectivity index (χ2n) is 4.33. The van der Waals surface area contributed by atoms with Gasteiger partial charge in [-0.25, -0.2) is 0 Å². The topological polar surface area (TPSA) is 42.2 Å². The van der Waals surface area contributed by atoms with Crippen LogP contribution in [0.3, 0.4) is 0 Å². The molecule has 0 saturated carbocycles. The van der Waals surface area contributed by atoms with Gasteiger partial charge in [-0.1, -0.05) is 18.2 Å². The summed E-state index contributed by atoms with van der Waals surface area (Å²) in [6, 6.07) is 13.1. The highest BCUT2D eigenvalue weighted by Crippen LogP contribution is 2.20. The van der Waals surface area contributed by atoms with Crippen LogP contribution in [0.1, 0.15) is 18.6 Å². The molecule has 3 nitrogen and oxygen atoms in total. The molecule has 1 aromatic carbocycles. The van der Waals surface area contributed by atoms with E-state index in [0.29, 0.717) is 6.54 Å². The normalized spacial score (nSPS) is 12.3. The van der Waals surface area contributed by atoms with E-state index in [0.717, 1.165) is 16.2 Å². The summed E-state index contributed by atoms with van der Waals surface area (Å²) < 4.78 is 1.71. The van der Waals surface area contributed by atoms with E-state index in [1.165, 1.54) is 0 Å². The number of pyridine rings is 1. The average Bonchev–Trinajstić information content (AvgIpc) is 2.41. The van der Waals surface area contributed by atoms with Gasteiger partial charge in [0.15, 0.2) is 0 Å². The number of aliphatic hydroxyl groups is 1. The van der Waals surface area contributed by atoms with Gasteiger partial charge in [-0.05, 0) is 30.7 Å². The minimum atomic E-state index is -0.429. The van der Waals surface area contributed by atoms with Crippen molar-refractivity contribution in [1.82, 2.24) is 4.57 Å². The van der Waals surface area contributed by atoms with E-state index in [2.05, 4.69) is 0 Å². The molecule has 0 fully saturated rings. The van der Waals surface area contributed by atoms with E-state index in [1.807, 2.05) is 30.3 Å². The van der Waals surface area contributed by atoms with Gasteiger partial charge >= 0.3 is 0 Å². The van der Waals surface area contributed by atoms with E-state index in [1.54, 1.807) is 41.6 Å². The molecule has 0 radical (unpaired) electrons. The highest BCUT2D eigenvalue weighted by atomic mass is 32.2. The molecule has 1 N–H and O–H groups in total. The van der Waals surface area contributed by atoms with E-state index in [4.69, 9.17) is 0 Å². The smallest absolute Gasteiger partial charge is 0.250 e. The van der Waals surface area contributed by atoms with Gasteiger partial charge in [-0.15, -0.1) is 11.8 Å². The maximum atomic E-state index is 11.5. The lowest BCUT2D eigenvalue weighted by Gasteiger charge is -2.07. The molecule has 1 heterocycles. The summed E-state index contributed by atoms with van der Waals surface area (Å²) in [4.78, 5) is 12.7. The molecule has 19 heavy (non-hydrogen) atoms. The Morgan fingerprint density at radius 2 is 1.95 bits per heavy atom. The van der Waals surface area contributed by atoms with Gasteiger partial charge in [-0.3, -0.25) is 4.79 Å². The average molecular weight is 275 g/mol. The Morgan fingerprint density at radius 3 is 2.58 bits per heavy atom. The highest BCUT2D eigenvalue weighted by Gasteiger charge is 2.01. The van der Waals surface area contributed by atoms with Crippen molar-refractivity contribution in [2.24, 2.45) is 0 Å². The predicted molar refractivity (Wildman–Crippen MR) is 78.5 cm³/mol. The quantitative estimate of drug-likeness (QED) is 0.853. The van der Waals surface area contributed by atoms with Gasteiger partial charge < -0.3 is 9.67 Å². The number of aryl methyl sites for hydroxylation is 1. The fourth-order valence-electron chi connectivity index (χ4n) is 1.75. The third kappa shape index (κ3) is 3.98. The first-order valence-electron chi connectivity index (χ1n) is 6.23. The minimum absolute atomic E-state index is 0.0348. The van der Waals surface area contributed by atoms with Crippen molar-refractivity contribution >= 4 is 11.8 Å². The van der Waals surface area contributed by atoms with Crippen LogP contribution in [-0.4, -0.2) is 15.4 Å². The fraction of sp³-hybridized carbons (Fsp3) is 0.267. The molecule has 2 rings (SSSR count). The van der Waals surface area contributed by atoms with E-state index >= 15 is 0 Å². The van der Waals surface area contributed by atoms with Crippen molar-refractivity contribution < 1.29 is 5.11 Å². The molecule has 2 aromatic rings. The first-order chi connectivity index (χ1) is 9.16. The number of aliphatic hydroxyl groups excluding tert-OH is 1. The lowest BCUT2D eigenvalue weighted by Crippen LogP contribution is -2.18. The monoisotopic (exact) mass is 275 g/mol. The molecule has 0 bridgehead atoms. The van der Waals surface area contributed by atoms with E-state index < -0.39 is 6.10 Å². The maximum absolute atomic E-state index is 11.5. The highest BCUT2D eigenvalue weighted by molar-refractivity contribution is 7.99. The molecule has 1 atom stereocenters. The Balaban J connectivity index is 1.89. The number of nitrogens with zero attached hydrogens (tertiary/aromatic N) is 1. The van der Waals surface area contributed by atoms with Gasteiger partial charge in [-0.2, -0.15) is 0 Å². The maximum Gasteiger partial charge on any atom is 0.250 e. The zero-order valence-corrected chi connectivity index (χ0v) is 11.6. The van der Waals surface area contributed by atoms with E-state index in [9.17, 15) is 9.90 Å². The molecule has 0 aliphatic heterocycles. The SMILES string of the molecule is CC(O)c1ccc(SCCn2ccccc2=O)cc1. The van der Waals surface area contributed by atoms with Crippen molar-refractivity contribution in [3.8, 4) is 0 Å². The molecule has 100 valence electrons. The summed E-state index contributed by atoms with van der Waals surface area (Å²) in [6.07, 6.45) is 1.38. The van der Waals surface area contributed by atoms with Crippen molar-refractivity contribution in [2.75, 3.05) is 5.75 Å². The van der Waals surface area contributed by atoms with Crippen LogP contribution in [0.15, 0.2) is 58.4 Å². The molecule has 1 aromatic heterocycles. The van der Waals surface area contributed by atoms with Gasteiger partial charge in [0.2, 0.25) is 0 Å². The lowest BCUT2D eigenvalue weighted by atomic mass is 10.1.